The average Bonchev–Trinajstić information content (AvgIpc) is 2.82. The minimum absolute atomic E-state index is 0.0199. The number of carbonyl (C=O) groups excluding carboxylic acids is 1. The first-order valence-electron chi connectivity index (χ1n) is 5.89. The SMILES string of the molecule is NC(=O)COCCNCc1cccc2cc[nH]c12. The summed E-state index contributed by atoms with van der Waals surface area (Å²) >= 11 is 0. The molecular weight excluding hydrogens is 230 g/mol. The Labute approximate surface area is 105 Å². The number of benzene rings is 1. The number of para-hydroxylation sites is 1. The van der Waals surface area contributed by atoms with Crippen LogP contribution in [0.1, 0.15) is 5.56 Å². The van der Waals surface area contributed by atoms with E-state index >= 15 is 0 Å². The molecule has 0 unspecified atom stereocenters. The van der Waals surface area contributed by atoms with Crippen molar-refractivity contribution < 1.29 is 9.53 Å². The van der Waals surface area contributed by atoms with Gasteiger partial charge in [-0.2, -0.15) is 0 Å². The van der Waals surface area contributed by atoms with Crippen LogP contribution in [0.15, 0.2) is 30.5 Å². The van der Waals surface area contributed by atoms with Crippen molar-refractivity contribution in [1.82, 2.24) is 10.3 Å². The summed E-state index contributed by atoms with van der Waals surface area (Å²) in [5.41, 5.74) is 7.33. The normalized spacial score (nSPS) is 10.9. The molecule has 5 nitrogen and oxygen atoms in total. The van der Waals surface area contributed by atoms with Gasteiger partial charge in [-0.3, -0.25) is 4.79 Å². The number of amides is 1. The molecule has 0 atom stereocenters. The summed E-state index contributed by atoms with van der Waals surface area (Å²) in [7, 11) is 0. The molecule has 2 aromatic rings. The van der Waals surface area contributed by atoms with E-state index in [1.807, 2.05) is 12.3 Å². The molecule has 4 N–H and O–H groups in total. The number of nitrogens with two attached hydrogens (primary N) is 1. The Kier molecular flexibility index (Phi) is 4.33. The quantitative estimate of drug-likeness (QED) is 0.632. The van der Waals surface area contributed by atoms with Crippen molar-refractivity contribution in [2.45, 2.75) is 6.54 Å². The van der Waals surface area contributed by atoms with Crippen molar-refractivity contribution in [2.75, 3.05) is 19.8 Å². The van der Waals surface area contributed by atoms with Crippen LogP contribution in [-0.4, -0.2) is 30.6 Å². The van der Waals surface area contributed by atoms with Crippen LogP contribution in [-0.2, 0) is 16.1 Å². The zero-order valence-electron chi connectivity index (χ0n) is 10.1. The largest absolute Gasteiger partial charge is 0.370 e. The lowest BCUT2D eigenvalue weighted by atomic mass is 10.1. The topological polar surface area (TPSA) is 80.1 Å². The summed E-state index contributed by atoms with van der Waals surface area (Å²) in [6, 6.07) is 8.24. The van der Waals surface area contributed by atoms with Gasteiger partial charge >= 0.3 is 0 Å². The van der Waals surface area contributed by atoms with Gasteiger partial charge in [0.25, 0.3) is 0 Å². The summed E-state index contributed by atoms with van der Waals surface area (Å²) in [5.74, 6) is -0.439. The third-order valence-corrected chi connectivity index (χ3v) is 2.66. The second kappa shape index (κ2) is 6.18. The highest BCUT2D eigenvalue weighted by Gasteiger charge is 2.00. The molecule has 0 fully saturated rings. The molecule has 0 bridgehead atoms. The molecule has 0 radical (unpaired) electrons. The Morgan fingerprint density at radius 1 is 1.39 bits per heavy atom. The molecular formula is C13H17N3O2. The summed E-state index contributed by atoms with van der Waals surface area (Å²) in [6.45, 7) is 1.90. The Morgan fingerprint density at radius 3 is 3.11 bits per heavy atom. The summed E-state index contributed by atoms with van der Waals surface area (Å²) in [4.78, 5) is 13.7. The lowest BCUT2D eigenvalue weighted by molar-refractivity contribution is -0.122. The van der Waals surface area contributed by atoms with Gasteiger partial charge in [-0.05, 0) is 17.0 Å². The predicted octanol–water partition coefficient (Wildman–Crippen LogP) is 0.759. The lowest BCUT2D eigenvalue weighted by Crippen LogP contribution is -2.23. The number of aromatic amines is 1. The molecule has 1 aromatic heterocycles. The number of rotatable bonds is 7. The molecule has 0 aliphatic heterocycles. The van der Waals surface area contributed by atoms with E-state index in [2.05, 4.69) is 28.5 Å². The number of hydrogen-bond donors (Lipinski definition) is 3. The molecule has 0 spiro atoms. The second-order valence-corrected chi connectivity index (χ2v) is 4.05. The zero-order valence-corrected chi connectivity index (χ0v) is 10.1. The predicted molar refractivity (Wildman–Crippen MR) is 70.0 cm³/mol. The van der Waals surface area contributed by atoms with Gasteiger partial charge in [-0.15, -0.1) is 0 Å². The van der Waals surface area contributed by atoms with Crippen molar-refractivity contribution in [3.05, 3.63) is 36.0 Å². The first-order valence-corrected chi connectivity index (χ1v) is 5.89. The van der Waals surface area contributed by atoms with E-state index in [0.29, 0.717) is 13.2 Å². The Bertz CT molecular complexity index is 522. The first-order chi connectivity index (χ1) is 8.77. The van der Waals surface area contributed by atoms with Gasteiger partial charge in [0, 0.05) is 24.8 Å². The molecule has 0 aliphatic rings. The summed E-state index contributed by atoms with van der Waals surface area (Å²) < 4.78 is 5.06. The van der Waals surface area contributed by atoms with Crippen LogP contribution in [0.2, 0.25) is 0 Å². The molecule has 5 heteroatoms. The summed E-state index contributed by atoms with van der Waals surface area (Å²) in [5, 5.41) is 4.47. The van der Waals surface area contributed by atoms with Crippen LogP contribution in [0.4, 0.5) is 0 Å². The van der Waals surface area contributed by atoms with E-state index < -0.39 is 5.91 Å². The van der Waals surface area contributed by atoms with Crippen molar-refractivity contribution in [3.8, 4) is 0 Å². The molecule has 2 rings (SSSR count). The third kappa shape index (κ3) is 3.32. The van der Waals surface area contributed by atoms with E-state index in [1.54, 1.807) is 0 Å². The molecule has 0 saturated carbocycles. The molecule has 0 saturated heterocycles. The number of H-pyrrole nitrogens is 1. The fourth-order valence-electron chi connectivity index (χ4n) is 1.84. The second-order valence-electron chi connectivity index (χ2n) is 4.05. The number of nitrogens with one attached hydrogen (secondary N) is 2. The highest BCUT2D eigenvalue weighted by molar-refractivity contribution is 5.82. The highest BCUT2D eigenvalue weighted by Crippen LogP contribution is 2.16. The van der Waals surface area contributed by atoms with Gasteiger partial charge < -0.3 is 20.8 Å². The van der Waals surface area contributed by atoms with Crippen molar-refractivity contribution in [2.24, 2.45) is 5.73 Å². The van der Waals surface area contributed by atoms with Gasteiger partial charge in [0.15, 0.2) is 0 Å². The number of aromatic nitrogens is 1. The van der Waals surface area contributed by atoms with Crippen LogP contribution >= 0.6 is 0 Å². The third-order valence-electron chi connectivity index (χ3n) is 2.66. The molecule has 1 amide bonds. The monoisotopic (exact) mass is 247 g/mol. The Balaban J connectivity index is 1.76. The van der Waals surface area contributed by atoms with Crippen LogP contribution in [0.25, 0.3) is 10.9 Å². The van der Waals surface area contributed by atoms with Crippen LogP contribution < -0.4 is 11.1 Å². The molecule has 1 aromatic carbocycles. The van der Waals surface area contributed by atoms with Gasteiger partial charge in [0.1, 0.15) is 6.61 Å². The average molecular weight is 247 g/mol. The maximum absolute atomic E-state index is 10.4. The van der Waals surface area contributed by atoms with Gasteiger partial charge in [-0.25, -0.2) is 0 Å². The minimum atomic E-state index is -0.439. The van der Waals surface area contributed by atoms with E-state index in [-0.39, 0.29) is 6.61 Å². The van der Waals surface area contributed by atoms with Gasteiger partial charge in [0.05, 0.1) is 6.61 Å². The number of hydrogen-bond acceptors (Lipinski definition) is 3. The number of ether oxygens (including phenoxy) is 1. The fraction of sp³-hybridized carbons (Fsp3) is 0.308. The number of carbonyl (C=O) groups is 1. The molecule has 96 valence electrons. The van der Waals surface area contributed by atoms with Gasteiger partial charge in [-0.1, -0.05) is 18.2 Å². The zero-order chi connectivity index (χ0) is 12.8. The maximum Gasteiger partial charge on any atom is 0.243 e. The Morgan fingerprint density at radius 2 is 2.28 bits per heavy atom. The van der Waals surface area contributed by atoms with E-state index in [4.69, 9.17) is 10.5 Å². The van der Waals surface area contributed by atoms with E-state index in [1.165, 1.54) is 10.9 Å². The molecule has 1 heterocycles. The van der Waals surface area contributed by atoms with E-state index in [9.17, 15) is 4.79 Å². The smallest absolute Gasteiger partial charge is 0.243 e. The van der Waals surface area contributed by atoms with Gasteiger partial charge in [0.2, 0.25) is 5.91 Å². The van der Waals surface area contributed by atoms with Crippen molar-refractivity contribution in [3.63, 3.8) is 0 Å². The molecule has 0 aliphatic carbocycles. The van der Waals surface area contributed by atoms with E-state index in [0.717, 1.165) is 12.1 Å². The standard InChI is InChI=1S/C13H17N3O2/c14-12(17)9-18-7-6-15-8-11-3-1-2-10-4-5-16-13(10)11/h1-5,15-16H,6-9H2,(H2,14,17). The number of primary amides is 1. The fourth-order valence-corrected chi connectivity index (χ4v) is 1.84. The lowest BCUT2D eigenvalue weighted by Gasteiger charge is -2.06. The Hall–Kier alpha value is -1.85. The maximum atomic E-state index is 10.4. The first kappa shape index (κ1) is 12.6. The summed E-state index contributed by atoms with van der Waals surface area (Å²) in [6.07, 6.45) is 1.93. The van der Waals surface area contributed by atoms with Crippen molar-refractivity contribution in [1.29, 1.82) is 0 Å². The minimum Gasteiger partial charge on any atom is -0.370 e. The van der Waals surface area contributed by atoms with Crippen LogP contribution in [0.3, 0.4) is 0 Å². The van der Waals surface area contributed by atoms with Crippen LogP contribution in [0.5, 0.6) is 0 Å². The van der Waals surface area contributed by atoms with Crippen LogP contribution in [0, 0.1) is 0 Å². The number of fused-ring (bicyclic) bond motifs is 1. The van der Waals surface area contributed by atoms with Crippen molar-refractivity contribution >= 4 is 16.8 Å². The highest BCUT2D eigenvalue weighted by atomic mass is 16.5. The molecule has 18 heavy (non-hydrogen) atoms.